The van der Waals surface area contributed by atoms with Gasteiger partial charge in [-0.15, -0.1) is 0 Å². The number of nitrogens with zero attached hydrogens (tertiary/aromatic N) is 1. The molecule has 0 aliphatic rings. The third-order valence-corrected chi connectivity index (χ3v) is 3.03. The van der Waals surface area contributed by atoms with E-state index < -0.39 is 5.82 Å². The summed E-state index contributed by atoms with van der Waals surface area (Å²) in [7, 11) is 0. The Morgan fingerprint density at radius 2 is 2.10 bits per heavy atom. The third kappa shape index (κ3) is 4.27. The van der Waals surface area contributed by atoms with Crippen LogP contribution >= 0.6 is 0 Å². The molecule has 0 aliphatic heterocycles. The fourth-order valence-electron chi connectivity index (χ4n) is 2.03. The van der Waals surface area contributed by atoms with Crippen molar-refractivity contribution in [2.75, 3.05) is 30.4 Å². The molecule has 0 bridgehead atoms. The van der Waals surface area contributed by atoms with Gasteiger partial charge >= 0.3 is 0 Å². The molecule has 0 atom stereocenters. The summed E-state index contributed by atoms with van der Waals surface area (Å²) in [6, 6.07) is 3.15. The van der Waals surface area contributed by atoms with E-state index >= 15 is 0 Å². The first-order valence-electron chi connectivity index (χ1n) is 7.10. The lowest BCUT2D eigenvalue weighted by Crippen LogP contribution is -2.33. The van der Waals surface area contributed by atoms with Gasteiger partial charge in [-0.2, -0.15) is 0 Å². The lowest BCUT2D eigenvalue weighted by atomic mass is 10.1. The molecule has 0 unspecified atom stereocenters. The van der Waals surface area contributed by atoms with Crippen molar-refractivity contribution in [3.63, 3.8) is 0 Å². The summed E-state index contributed by atoms with van der Waals surface area (Å²) in [5.41, 5.74) is 7.07. The van der Waals surface area contributed by atoms with Crippen molar-refractivity contribution in [2.45, 2.75) is 39.7 Å². The van der Waals surface area contributed by atoms with Crippen molar-refractivity contribution in [2.24, 2.45) is 0 Å². The molecular formula is C15H25FN2O2. The molecule has 1 aromatic carbocycles. The molecule has 0 radical (unpaired) electrons. The van der Waals surface area contributed by atoms with Crippen molar-refractivity contribution in [3.8, 4) is 5.75 Å². The van der Waals surface area contributed by atoms with E-state index in [1.54, 1.807) is 6.07 Å². The maximum atomic E-state index is 13.8. The number of nitrogens with two attached hydrogens (primary N) is 1. The van der Waals surface area contributed by atoms with Gasteiger partial charge in [-0.3, -0.25) is 0 Å². The monoisotopic (exact) mass is 284 g/mol. The van der Waals surface area contributed by atoms with Crippen LogP contribution in [-0.4, -0.2) is 30.9 Å². The first-order chi connectivity index (χ1) is 9.51. The Labute approximate surface area is 120 Å². The van der Waals surface area contributed by atoms with Gasteiger partial charge in [0.25, 0.3) is 0 Å². The lowest BCUT2D eigenvalue weighted by Gasteiger charge is -2.30. The van der Waals surface area contributed by atoms with Gasteiger partial charge in [0.2, 0.25) is 0 Å². The predicted octanol–water partition coefficient (Wildman–Crippen LogP) is 2.79. The highest BCUT2D eigenvalue weighted by Gasteiger charge is 2.17. The average molecular weight is 284 g/mol. The van der Waals surface area contributed by atoms with Crippen LogP contribution in [0.1, 0.15) is 33.6 Å². The van der Waals surface area contributed by atoms with Crippen LogP contribution in [0, 0.1) is 5.82 Å². The molecule has 0 heterocycles. The van der Waals surface area contributed by atoms with Crippen LogP contribution in [0.5, 0.6) is 5.75 Å². The van der Waals surface area contributed by atoms with Gasteiger partial charge in [-0.1, -0.05) is 6.92 Å². The minimum absolute atomic E-state index is 0.115. The average Bonchev–Trinajstić information content (AvgIpc) is 2.39. The Hall–Kier alpha value is -1.49. The van der Waals surface area contributed by atoms with Gasteiger partial charge in [-0.25, -0.2) is 4.39 Å². The van der Waals surface area contributed by atoms with E-state index in [1.165, 1.54) is 6.07 Å². The molecule has 4 nitrogen and oxygen atoms in total. The molecule has 0 aliphatic carbocycles. The fourth-order valence-corrected chi connectivity index (χ4v) is 2.03. The van der Waals surface area contributed by atoms with Crippen LogP contribution < -0.4 is 15.4 Å². The highest BCUT2D eigenvalue weighted by molar-refractivity contribution is 5.70. The van der Waals surface area contributed by atoms with Crippen LogP contribution in [0.25, 0.3) is 0 Å². The maximum absolute atomic E-state index is 13.8. The second kappa shape index (κ2) is 7.94. The molecule has 20 heavy (non-hydrogen) atoms. The molecule has 0 saturated carbocycles. The topological polar surface area (TPSA) is 58.7 Å². The molecule has 0 saturated heterocycles. The number of ether oxygens (including phenoxy) is 1. The smallest absolute Gasteiger partial charge is 0.167 e. The van der Waals surface area contributed by atoms with Crippen molar-refractivity contribution >= 4 is 11.4 Å². The molecule has 0 fully saturated rings. The summed E-state index contributed by atoms with van der Waals surface area (Å²) in [6.07, 6.45) is 1.46. The summed E-state index contributed by atoms with van der Waals surface area (Å²) in [6.45, 7) is 7.29. The zero-order valence-electron chi connectivity index (χ0n) is 12.5. The molecular weight excluding hydrogens is 259 g/mol. The number of rotatable bonds is 8. The zero-order valence-corrected chi connectivity index (χ0v) is 12.5. The van der Waals surface area contributed by atoms with Crippen molar-refractivity contribution in [1.82, 2.24) is 0 Å². The maximum Gasteiger partial charge on any atom is 0.167 e. The number of nitrogen functional groups attached to an aromatic ring is 1. The van der Waals surface area contributed by atoms with Crippen LogP contribution in [0.3, 0.4) is 0 Å². The van der Waals surface area contributed by atoms with E-state index in [0.717, 1.165) is 12.1 Å². The van der Waals surface area contributed by atoms with Crippen LogP contribution in [-0.2, 0) is 0 Å². The Morgan fingerprint density at radius 1 is 1.40 bits per heavy atom. The Kier molecular flexibility index (Phi) is 6.58. The SMILES string of the molecule is CCCOc1cc(N(CCCO)C(C)C)c(N)cc1F. The molecule has 3 N–H and O–H groups in total. The summed E-state index contributed by atoms with van der Waals surface area (Å²) in [5, 5.41) is 8.99. The van der Waals surface area contributed by atoms with E-state index in [-0.39, 0.29) is 18.4 Å². The minimum atomic E-state index is -0.439. The predicted molar refractivity (Wildman–Crippen MR) is 80.8 cm³/mol. The summed E-state index contributed by atoms with van der Waals surface area (Å²) in [4.78, 5) is 2.05. The molecule has 0 amide bonds. The second-order valence-corrected chi connectivity index (χ2v) is 5.05. The Balaban J connectivity index is 3.06. The van der Waals surface area contributed by atoms with Gasteiger partial charge in [-0.05, 0) is 26.7 Å². The lowest BCUT2D eigenvalue weighted by molar-refractivity contribution is 0.288. The van der Waals surface area contributed by atoms with Gasteiger partial charge in [0.05, 0.1) is 18.0 Å². The van der Waals surface area contributed by atoms with Gasteiger partial charge < -0.3 is 20.5 Å². The van der Waals surface area contributed by atoms with Gasteiger partial charge in [0.1, 0.15) is 0 Å². The second-order valence-electron chi connectivity index (χ2n) is 5.05. The summed E-state index contributed by atoms with van der Waals surface area (Å²) < 4.78 is 19.2. The highest BCUT2D eigenvalue weighted by atomic mass is 19.1. The number of aliphatic hydroxyl groups excluding tert-OH is 1. The fraction of sp³-hybridized carbons (Fsp3) is 0.600. The molecule has 0 aromatic heterocycles. The summed E-state index contributed by atoms with van der Waals surface area (Å²) in [5.74, 6) is -0.212. The first kappa shape index (κ1) is 16.6. The number of aliphatic hydroxyl groups is 1. The largest absolute Gasteiger partial charge is 0.490 e. The van der Waals surface area contributed by atoms with Crippen molar-refractivity contribution in [1.29, 1.82) is 0 Å². The normalized spacial score (nSPS) is 10.9. The van der Waals surface area contributed by atoms with Gasteiger partial charge in [0.15, 0.2) is 11.6 Å². The highest BCUT2D eigenvalue weighted by Crippen LogP contribution is 2.32. The zero-order chi connectivity index (χ0) is 15.1. The molecule has 1 rings (SSSR count). The van der Waals surface area contributed by atoms with Gasteiger partial charge in [0, 0.05) is 31.3 Å². The van der Waals surface area contributed by atoms with E-state index in [9.17, 15) is 4.39 Å². The minimum Gasteiger partial charge on any atom is -0.490 e. The molecule has 114 valence electrons. The van der Waals surface area contributed by atoms with E-state index in [2.05, 4.69) is 0 Å². The first-order valence-corrected chi connectivity index (χ1v) is 7.10. The number of benzene rings is 1. The number of halogens is 1. The standard InChI is InChI=1S/C15H25FN2O2/c1-4-8-20-15-10-14(13(17)9-12(15)16)18(11(2)3)6-5-7-19/h9-11,19H,4-8,17H2,1-3H3. The van der Waals surface area contributed by atoms with Crippen LogP contribution in [0.15, 0.2) is 12.1 Å². The van der Waals surface area contributed by atoms with Crippen LogP contribution in [0.4, 0.5) is 15.8 Å². The molecule has 0 spiro atoms. The Morgan fingerprint density at radius 3 is 2.65 bits per heavy atom. The van der Waals surface area contributed by atoms with Crippen LogP contribution in [0.2, 0.25) is 0 Å². The summed E-state index contributed by atoms with van der Waals surface area (Å²) >= 11 is 0. The Bertz CT molecular complexity index is 425. The number of anilines is 2. The van der Waals surface area contributed by atoms with Crippen molar-refractivity contribution in [3.05, 3.63) is 17.9 Å². The third-order valence-electron chi connectivity index (χ3n) is 3.03. The van der Waals surface area contributed by atoms with E-state index in [0.29, 0.717) is 25.3 Å². The quantitative estimate of drug-likeness (QED) is 0.721. The van der Waals surface area contributed by atoms with E-state index in [4.69, 9.17) is 15.6 Å². The van der Waals surface area contributed by atoms with Crippen molar-refractivity contribution < 1.29 is 14.2 Å². The number of hydrogen-bond donors (Lipinski definition) is 2. The van der Waals surface area contributed by atoms with E-state index in [1.807, 2.05) is 25.7 Å². The number of hydrogen-bond acceptors (Lipinski definition) is 4. The molecule has 1 aromatic rings. The molecule has 5 heteroatoms.